The Kier molecular flexibility index (Phi) is 4.91. The lowest BCUT2D eigenvalue weighted by molar-refractivity contribution is -0.140. The van der Waals surface area contributed by atoms with Crippen molar-refractivity contribution in [3.05, 3.63) is 18.5 Å². The van der Waals surface area contributed by atoms with Crippen LogP contribution < -0.4 is 10.2 Å². The second-order valence-electron chi connectivity index (χ2n) is 4.95. The van der Waals surface area contributed by atoms with Crippen LogP contribution in [0, 0.1) is 5.92 Å². The zero-order valence-electron chi connectivity index (χ0n) is 11.9. The molecule has 21 heavy (non-hydrogen) atoms. The fourth-order valence-electron chi connectivity index (χ4n) is 2.00. The zero-order chi connectivity index (χ0) is 15.2. The molecule has 1 atom stereocenters. The maximum absolute atomic E-state index is 11.9. The minimum absolute atomic E-state index is 0.135. The van der Waals surface area contributed by atoms with Crippen LogP contribution in [0.2, 0.25) is 0 Å². The van der Waals surface area contributed by atoms with Gasteiger partial charge in [0.25, 0.3) is 0 Å². The van der Waals surface area contributed by atoms with Gasteiger partial charge in [-0.2, -0.15) is 0 Å². The van der Waals surface area contributed by atoms with Crippen molar-refractivity contribution < 1.29 is 14.7 Å². The number of aromatic nitrogens is 2. The predicted octanol–water partition coefficient (Wildman–Crippen LogP) is 0.0289. The summed E-state index contributed by atoms with van der Waals surface area (Å²) in [4.78, 5) is 34.7. The third kappa shape index (κ3) is 4.04. The summed E-state index contributed by atoms with van der Waals surface area (Å²) < 4.78 is 0. The summed E-state index contributed by atoms with van der Waals surface area (Å²) in [5, 5.41) is 11.4. The number of carboxylic acid groups (broad SMARTS) is 1. The molecule has 114 valence electrons. The number of nitrogens with zero attached hydrogens (tertiary/aromatic N) is 4. The summed E-state index contributed by atoms with van der Waals surface area (Å²) in [6.07, 6.45) is 3.38. The molecule has 0 aromatic carbocycles. The van der Waals surface area contributed by atoms with E-state index in [9.17, 15) is 9.59 Å². The number of hydrogen-bond acceptors (Lipinski definition) is 5. The van der Waals surface area contributed by atoms with E-state index in [1.807, 2.05) is 4.90 Å². The molecule has 8 heteroatoms. The summed E-state index contributed by atoms with van der Waals surface area (Å²) in [5.41, 5.74) is 0. The Labute approximate surface area is 122 Å². The minimum atomic E-state index is -0.915. The third-order valence-electron chi connectivity index (χ3n) is 3.38. The third-order valence-corrected chi connectivity index (χ3v) is 3.38. The van der Waals surface area contributed by atoms with Gasteiger partial charge in [0.2, 0.25) is 5.95 Å². The maximum Gasteiger partial charge on any atom is 0.317 e. The van der Waals surface area contributed by atoms with Crippen LogP contribution in [0.3, 0.4) is 0 Å². The molecule has 1 saturated heterocycles. The minimum Gasteiger partial charge on any atom is -0.481 e. The van der Waals surface area contributed by atoms with Gasteiger partial charge in [-0.1, -0.05) is 6.92 Å². The van der Waals surface area contributed by atoms with E-state index in [-0.39, 0.29) is 12.6 Å². The highest BCUT2D eigenvalue weighted by molar-refractivity contribution is 5.76. The number of anilines is 1. The zero-order valence-corrected chi connectivity index (χ0v) is 11.9. The SMILES string of the molecule is CC(CNC(=O)N1CCN(c2ncccn2)CC1)C(=O)O. The molecule has 1 aromatic heterocycles. The van der Waals surface area contributed by atoms with Gasteiger partial charge in [-0.15, -0.1) is 0 Å². The number of aliphatic carboxylic acids is 1. The molecule has 1 fully saturated rings. The number of carbonyl (C=O) groups is 2. The van der Waals surface area contributed by atoms with Gasteiger partial charge < -0.3 is 20.2 Å². The summed E-state index contributed by atoms with van der Waals surface area (Å²) in [6, 6.07) is 1.54. The second-order valence-corrected chi connectivity index (χ2v) is 4.95. The van der Waals surface area contributed by atoms with Crippen LogP contribution in [0.1, 0.15) is 6.92 Å². The van der Waals surface area contributed by atoms with Gasteiger partial charge in [-0.05, 0) is 6.07 Å². The smallest absolute Gasteiger partial charge is 0.317 e. The lowest BCUT2D eigenvalue weighted by Gasteiger charge is -2.34. The van der Waals surface area contributed by atoms with Gasteiger partial charge in [-0.25, -0.2) is 14.8 Å². The van der Waals surface area contributed by atoms with E-state index in [0.717, 1.165) is 0 Å². The molecule has 1 unspecified atom stereocenters. The molecule has 0 saturated carbocycles. The van der Waals surface area contributed by atoms with E-state index in [1.165, 1.54) is 0 Å². The van der Waals surface area contributed by atoms with Gasteiger partial charge in [0, 0.05) is 45.1 Å². The number of rotatable bonds is 4. The highest BCUT2D eigenvalue weighted by Crippen LogP contribution is 2.09. The molecule has 0 bridgehead atoms. The highest BCUT2D eigenvalue weighted by atomic mass is 16.4. The van der Waals surface area contributed by atoms with Crippen LogP contribution in [-0.2, 0) is 4.79 Å². The van der Waals surface area contributed by atoms with Crippen molar-refractivity contribution >= 4 is 17.9 Å². The van der Waals surface area contributed by atoms with Gasteiger partial charge in [0.15, 0.2) is 0 Å². The normalized spacial score (nSPS) is 16.4. The molecule has 0 spiro atoms. The van der Waals surface area contributed by atoms with E-state index in [0.29, 0.717) is 32.1 Å². The van der Waals surface area contributed by atoms with Gasteiger partial charge >= 0.3 is 12.0 Å². The van der Waals surface area contributed by atoms with E-state index in [4.69, 9.17) is 5.11 Å². The van der Waals surface area contributed by atoms with Crippen LogP contribution >= 0.6 is 0 Å². The van der Waals surface area contributed by atoms with Crippen molar-refractivity contribution in [3.63, 3.8) is 0 Å². The second kappa shape index (κ2) is 6.87. The first-order chi connectivity index (χ1) is 10.1. The van der Waals surface area contributed by atoms with E-state index in [2.05, 4.69) is 15.3 Å². The van der Waals surface area contributed by atoms with Crippen LogP contribution in [0.5, 0.6) is 0 Å². The molecule has 1 aromatic rings. The fraction of sp³-hybridized carbons (Fsp3) is 0.538. The van der Waals surface area contributed by atoms with Crippen LogP contribution in [-0.4, -0.2) is 64.7 Å². The summed E-state index contributed by atoms with van der Waals surface area (Å²) in [5.74, 6) is -0.841. The lowest BCUT2D eigenvalue weighted by atomic mass is 10.2. The molecule has 0 radical (unpaired) electrons. The molecular formula is C13H19N5O3. The van der Waals surface area contributed by atoms with Crippen molar-refractivity contribution in [1.82, 2.24) is 20.2 Å². The van der Waals surface area contributed by atoms with Crippen molar-refractivity contribution in [2.45, 2.75) is 6.92 Å². The van der Waals surface area contributed by atoms with Gasteiger partial charge in [0.05, 0.1) is 5.92 Å². The molecule has 2 heterocycles. The first kappa shape index (κ1) is 15.0. The van der Waals surface area contributed by atoms with Crippen molar-refractivity contribution in [2.24, 2.45) is 5.92 Å². The number of nitrogens with one attached hydrogen (secondary N) is 1. The largest absolute Gasteiger partial charge is 0.481 e. The van der Waals surface area contributed by atoms with Crippen molar-refractivity contribution in [3.8, 4) is 0 Å². The Morgan fingerprint density at radius 1 is 1.29 bits per heavy atom. The molecule has 2 N–H and O–H groups in total. The van der Waals surface area contributed by atoms with Crippen LogP contribution in [0.25, 0.3) is 0 Å². The summed E-state index contributed by atoms with van der Waals surface area (Å²) in [7, 11) is 0. The van der Waals surface area contributed by atoms with Crippen molar-refractivity contribution in [2.75, 3.05) is 37.6 Å². The average Bonchev–Trinajstić information content (AvgIpc) is 2.53. The Morgan fingerprint density at radius 2 is 1.90 bits per heavy atom. The Bertz CT molecular complexity index is 488. The standard InChI is InChI=1S/C13H19N5O3/c1-10(11(19)20)9-16-13(21)18-7-5-17(6-8-18)12-14-3-2-4-15-12/h2-4,10H,5-9H2,1H3,(H,16,21)(H,19,20). The first-order valence-electron chi connectivity index (χ1n) is 6.85. The van der Waals surface area contributed by atoms with Gasteiger partial charge in [-0.3, -0.25) is 4.79 Å². The molecule has 1 aliphatic rings. The number of piperazine rings is 1. The van der Waals surface area contributed by atoms with E-state index >= 15 is 0 Å². The van der Waals surface area contributed by atoms with E-state index in [1.54, 1.807) is 30.3 Å². The predicted molar refractivity (Wildman–Crippen MR) is 76.0 cm³/mol. The van der Waals surface area contributed by atoms with Crippen molar-refractivity contribution in [1.29, 1.82) is 0 Å². The van der Waals surface area contributed by atoms with E-state index < -0.39 is 11.9 Å². The summed E-state index contributed by atoms with van der Waals surface area (Å²) in [6.45, 7) is 4.14. The van der Waals surface area contributed by atoms with Crippen LogP contribution in [0.4, 0.5) is 10.7 Å². The number of hydrogen-bond donors (Lipinski definition) is 2. The molecule has 1 aliphatic heterocycles. The number of amides is 2. The maximum atomic E-state index is 11.9. The Hall–Kier alpha value is -2.38. The quantitative estimate of drug-likeness (QED) is 0.812. The number of carbonyl (C=O) groups excluding carboxylic acids is 1. The molecular weight excluding hydrogens is 274 g/mol. The fourth-order valence-corrected chi connectivity index (χ4v) is 2.00. The Morgan fingerprint density at radius 3 is 2.48 bits per heavy atom. The lowest BCUT2D eigenvalue weighted by Crippen LogP contribution is -2.52. The molecule has 2 rings (SSSR count). The number of carboxylic acids is 1. The topological polar surface area (TPSA) is 98.7 Å². The molecule has 0 aliphatic carbocycles. The van der Waals surface area contributed by atoms with Gasteiger partial charge in [0.1, 0.15) is 0 Å². The highest BCUT2D eigenvalue weighted by Gasteiger charge is 2.23. The van der Waals surface area contributed by atoms with Crippen LogP contribution in [0.15, 0.2) is 18.5 Å². The monoisotopic (exact) mass is 293 g/mol. The number of urea groups is 1. The molecule has 2 amide bonds. The first-order valence-corrected chi connectivity index (χ1v) is 6.85. The molecule has 8 nitrogen and oxygen atoms in total. The average molecular weight is 293 g/mol. The summed E-state index contributed by atoms with van der Waals surface area (Å²) >= 11 is 0. The Balaban J connectivity index is 1.78.